The molecule has 0 amide bonds. The molecular formula is C20H25NO3. The van der Waals surface area contributed by atoms with Crippen LogP contribution >= 0.6 is 0 Å². The third kappa shape index (κ3) is 1.48. The van der Waals surface area contributed by atoms with Crippen LogP contribution in [0.1, 0.15) is 36.8 Å². The molecule has 4 nitrogen and oxygen atoms in total. The summed E-state index contributed by atoms with van der Waals surface area (Å²) >= 11 is 0. The van der Waals surface area contributed by atoms with E-state index in [-0.39, 0.29) is 11.2 Å². The van der Waals surface area contributed by atoms with Crippen molar-refractivity contribution >= 4 is 0 Å². The lowest BCUT2D eigenvalue weighted by molar-refractivity contribution is -0.199. The van der Waals surface area contributed by atoms with Crippen LogP contribution in [0.5, 0.6) is 5.75 Å². The number of likely N-dealkylation sites (tertiary alicyclic amines) is 1. The van der Waals surface area contributed by atoms with Crippen molar-refractivity contribution in [2.75, 3.05) is 26.8 Å². The van der Waals surface area contributed by atoms with Crippen molar-refractivity contribution in [3.05, 3.63) is 29.3 Å². The maximum absolute atomic E-state index is 10.2. The van der Waals surface area contributed by atoms with Crippen molar-refractivity contribution in [1.29, 1.82) is 0 Å². The third-order valence-electron chi connectivity index (χ3n) is 7.83. The highest BCUT2D eigenvalue weighted by molar-refractivity contribution is 5.49. The molecule has 128 valence electrons. The van der Waals surface area contributed by atoms with Gasteiger partial charge in [-0.2, -0.15) is 0 Å². The molecule has 1 N–H and O–H groups in total. The molecule has 5 aliphatic rings. The zero-order chi connectivity index (χ0) is 16.2. The van der Waals surface area contributed by atoms with Gasteiger partial charge in [0.1, 0.15) is 5.75 Å². The molecule has 6 rings (SSSR count). The van der Waals surface area contributed by atoms with Crippen molar-refractivity contribution in [3.63, 3.8) is 0 Å². The molecular weight excluding hydrogens is 302 g/mol. The van der Waals surface area contributed by atoms with Crippen LogP contribution in [0, 0.1) is 11.3 Å². The molecule has 2 saturated heterocycles. The summed E-state index contributed by atoms with van der Waals surface area (Å²) in [4.78, 5) is 2.58. The second-order valence-electron chi connectivity index (χ2n) is 9.00. The Morgan fingerprint density at radius 3 is 2.83 bits per heavy atom. The van der Waals surface area contributed by atoms with Gasteiger partial charge in [0.15, 0.2) is 5.79 Å². The summed E-state index contributed by atoms with van der Waals surface area (Å²) in [7, 11) is 2.29. The van der Waals surface area contributed by atoms with Gasteiger partial charge in [0.05, 0.1) is 13.2 Å². The largest absolute Gasteiger partial charge is 0.508 e. The van der Waals surface area contributed by atoms with Gasteiger partial charge in [-0.1, -0.05) is 6.07 Å². The van der Waals surface area contributed by atoms with E-state index < -0.39 is 0 Å². The number of fused-ring (bicyclic) bond motifs is 2. The number of rotatable bonds is 0. The lowest BCUT2D eigenvalue weighted by Gasteiger charge is -2.55. The monoisotopic (exact) mass is 327 g/mol. The molecule has 0 radical (unpaired) electrons. The minimum absolute atomic E-state index is 0.115. The highest BCUT2D eigenvalue weighted by atomic mass is 16.7. The molecule has 4 fully saturated rings. The average molecular weight is 327 g/mol. The summed E-state index contributed by atoms with van der Waals surface area (Å²) in [6.07, 6.45) is 5.57. The van der Waals surface area contributed by atoms with E-state index in [1.54, 1.807) is 0 Å². The van der Waals surface area contributed by atoms with E-state index in [9.17, 15) is 5.11 Å². The van der Waals surface area contributed by atoms with Crippen LogP contribution in [0.25, 0.3) is 0 Å². The van der Waals surface area contributed by atoms with Crippen molar-refractivity contribution in [2.45, 2.75) is 49.3 Å². The summed E-state index contributed by atoms with van der Waals surface area (Å²) in [5.74, 6) is 0.691. The first kappa shape index (κ1) is 14.1. The van der Waals surface area contributed by atoms with Gasteiger partial charge in [0.25, 0.3) is 0 Å². The molecule has 3 aliphatic carbocycles. The van der Waals surface area contributed by atoms with Crippen LogP contribution in [-0.2, 0) is 21.3 Å². The van der Waals surface area contributed by atoms with E-state index in [0.717, 1.165) is 26.1 Å². The molecule has 0 unspecified atom stereocenters. The summed E-state index contributed by atoms with van der Waals surface area (Å²) in [5.41, 5.74) is 3.39. The Balaban J connectivity index is 1.55. The maximum atomic E-state index is 10.2. The van der Waals surface area contributed by atoms with Crippen LogP contribution in [0.15, 0.2) is 18.2 Å². The lowest BCUT2D eigenvalue weighted by Crippen LogP contribution is -2.63. The first-order valence-corrected chi connectivity index (χ1v) is 9.37. The first-order valence-electron chi connectivity index (χ1n) is 9.37. The summed E-state index contributed by atoms with van der Waals surface area (Å²) in [6.45, 7) is 2.66. The van der Waals surface area contributed by atoms with Gasteiger partial charge in [-0.15, -0.1) is 0 Å². The Morgan fingerprint density at radius 1 is 1.21 bits per heavy atom. The molecule has 1 aromatic rings. The molecule has 2 heterocycles. The quantitative estimate of drug-likeness (QED) is 0.795. The molecule has 2 aliphatic heterocycles. The number of phenols is 1. The summed E-state index contributed by atoms with van der Waals surface area (Å²) in [6, 6.07) is 6.77. The first-order chi connectivity index (χ1) is 11.6. The van der Waals surface area contributed by atoms with Crippen molar-refractivity contribution in [2.24, 2.45) is 11.3 Å². The van der Waals surface area contributed by atoms with Gasteiger partial charge < -0.3 is 19.5 Å². The fourth-order valence-electron chi connectivity index (χ4n) is 7.49. The predicted molar refractivity (Wildman–Crippen MR) is 88.9 cm³/mol. The van der Waals surface area contributed by atoms with E-state index in [0.29, 0.717) is 23.1 Å². The van der Waals surface area contributed by atoms with E-state index in [4.69, 9.17) is 9.47 Å². The summed E-state index contributed by atoms with van der Waals surface area (Å²) < 4.78 is 12.3. The number of nitrogens with zero attached hydrogens (tertiary/aromatic N) is 1. The lowest BCUT2D eigenvalue weighted by atomic mass is 9.58. The number of hydrogen-bond donors (Lipinski definition) is 1. The van der Waals surface area contributed by atoms with Crippen molar-refractivity contribution < 1.29 is 14.6 Å². The molecule has 24 heavy (non-hydrogen) atoms. The van der Waals surface area contributed by atoms with E-state index in [1.807, 2.05) is 12.1 Å². The predicted octanol–water partition coefficient (Wildman–Crippen LogP) is 2.43. The molecule has 2 bridgehead atoms. The van der Waals surface area contributed by atoms with Crippen LogP contribution < -0.4 is 0 Å². The number of aromatic hydroxyl groups is 1. The Kier molecular flexibility index (Phi) is 2.45. The average Bonchev–Trinajstić information content (AvgIpc) is 3.05. The summed E-state index contributed by atoms with van der Waals surface area (Å²) in [5, 5.41) is 10.2. The number of phenolic OH excluding ortho intramolecular Hbond substituents is 1. The normalized spacial score (nSPS) is 44.7. The molecule has 4 atom stereocenters. The highest BCUT2D eigenvalue weighted by Gasteiger charge is 2.72. The Bertz CT molecular complexity index is 728. The topological polar surface area (TPSA) is 41.9 Å². The van der Waals surface area contributed by atoms with Crippen LogP contribution in [-0.4, -0.2) is 48.6 Å². The minimum atomic E-state index is -0.375. The van der Waals surface area contributed by atoms with Crippen LogP contribution in [0.3, 0.4) is 0 Å². The molecule has 2 saturated carbocycles. The number of ether oxygens (including phenoxy) is 2. The van der Waals surface area contributed by atoms with Gasteiger partial charge in [-0.25, -0.2) is 0 Å². The number of hydrogen-bond acceptors (Lipinski definition) is 4. The van der Waals surface area contributed by atoms with Crippen molar-refractivity contribution in [3.8, 4) is 5.75 Å². The molecule has 3 spiro atoms. The smallest absolute Gasteiger partial charge is 0.169 e. The Hall–Kier alpha value is -1.10. The van der Waals surface area contributed by atoms with Crippen molar-refractivity contribution in [1.82, 2.24) is 4.90 Å². The van der Waals surface area contributed by atoms with Gasteiger partial charge in [-0.05, 0) is 55.5 Å². The molecule has 1 aromatic carbocycles. The van der Waals surface area contributed by atoms with Gasteiger partial charge in [-0.3, -0.25) is 0 Å². The van der Waals surface area contributed by atoms with E-state index in [2.05, 4.69) is 18.0 Å². The third-order valence-corrected chi connectivity index (χ3v) is 7.83. The maximum Gasteiger partial charge on any atom is 0.169 e. The van der Waals surface area contributed by atoms with E-state index in [1.165, 1.54) is 36.9 Å². The highest BCUT2D eigenvalue weighted by Crippen LogP contribution is 2.71. The Morgan fingerprint density at radius 2 is 2.04 bits per heavy atom. The van der Waals surface area contributed by atoms with Gasteiger partial charge in [0.2, 0.25) is 0 Å². The number of benzene rings is 1. The second kappa shape index (κ2) is 4.17. The Labute approximate surface area is 142 Å². The van der Waals surface area contributed by atoms with Gasteiger partial charge in [0, 0.05) is 36.3 Å². The zero-order valence-corrected chi connectivity index (χ0v) is 14.3. The fourth-order valence-corrected chi connectivity index (χ4v) is 7.49. The fraction of sp³-hybridized carbons (Fsp3) is 0.700. The second-order valence-corrected chi connectivity index (χ2v) is 9.00. The molecule has 4 heteroatoms. The van der Waals surface area contributed by atoms with Crippen LogP contribution in [0.4, 0.5) is 0 Å². The van der Waals surface area contributed by atoms with E-state index >= 15 is 0 Å². The standard InChI is InChI=1S/C20H25NO3/c1-21-12-18-9-13-2-3-14(22)8-16(13)19(10-18)11-20(23-6-7-24-20)5-4-15(19)17(18)21/h2-3,8,15,17,22H,4-7,9-12H2,1H3/t15-,17-,18-,19-/m0/s1. The van der Waals surface area contributed by atoms with Crippen LogP contribution in [0.2, 0.25) is 0 Å². The van der Waals surface area contributed by atoms with Gasteiger partial charge >= 0.3 is 0 Å². The minimum Gasteiger partial charge on any atom is -0.508 e. The molecule has 0 aromatic heterocycles. The SMILES string of the molecule is CN1C[C@@]23Cc4ccc(O)cc4[C@]4(CC5(CC[C@H]4[C@H]12)OCCO5)C3. The zero-order valence-electron chi connectivity index (χ0n) is 14.3.